The summed E-state index contributed by atoms with van der Waals surface area (Å²) in [5, 5.41) is 3.26. The molecule has 0 amide bonds. The van der Waals surface area contributed by atoms with Crippen molar-refractivity contribution in [1.82, 2.24) is 5.32 Å². The lowest BCUT2D eigenvalue weighted by atomic mass is 10.1. The molecule has 0 fully saturated rings. The van der Waals surface area contributed by atoms with Crippen molar-refractivity contribution in [2.75, 3.05) is 7.11 Å². The lowest BCUT2D eigenvalue weighted by Crippen LogP contribution is -2.12. The number of carbonyl (C=O) groups is 1. The van der Waals surface area contributed by atoms with Gasteiger partial charge >= 0.3 is 5.97 Å². The molecule has 0 unspecified atom stereocenters. The van der Waals surface area contributed by atoms with Crippen LogP contribution in [0.3, 0.4) is 0 Å². The number of hydrogen-bond acceptors (Lipinski definition) is 4. The molecule has 0 aliphatic heterocycles. The largest absolute Gasteiger partial charge is 0.463 e. The topological polar surface area (TPSA) is 51.5 Å². The highest BCUT2D eigenvalue weighted by molar-refractivity contribution is 5.86. The summed E-state index contributed by atoms with van der Waals surface area (Å²) in [6, 6.07) is 11.7. The Labute approximate surface area is 112 Å². The molecule has 0 atom stereocenters. The number of nitrogens with one attached hydrogen (secondary N) is 1. The molecule has 2 aromatic rings. The zero-order valence-electron chi connectivity index (χ0n) is 11.1. The van der Waals surface area contributed by atoms with Crippen molar-refractivity contribution < 1.29 is 13.9 Å². The Kier molecular flexibility index (Phi) is 4.36. The third kappa shape index (κ3) is 3.69. The molecule has 0 aliphatic carbocycles. The second kappa shape index (κ2) is 6.20. The van der Waals surface area contributed by atoms with Crippen LogP contribution in [0.4, 0.5) is 0 Å². The Morgan fingerprint density at radius 3 is 2.58 bits per heavy atom. The molecule has 1 N–H and O–H groups in total. The molecule has 0 saturated heterocycles. The Hall–Kier alpha value is -2.07. The summed E-state index contributed by atoms with van der Waals surface area (Å²) in [4.78, 5) is 11.2. The monoisotopic (exact) mass is 259 g/mol. The molecule has 19 heavy (non-hydrogen) atoms. The number of benzene rings is 1. The van der Waals surface area contributed by atoms with Crippen LogP contribution in [-0.4, -0.2) is 13.1 Å². The highest BCUT2D eigenvalue weighted by atomic mass is 16.5. The molecule has 1 heterocycles. The second-order valence-electron chi connectivity index (χ2n) is 4.35. The van der Waals surface area contributed by atoms with Crippen molar-refractivity contribution >= 4 is 5.97 Å². The molecule has 0 saturated carbocycles. The average Bonchev–Trinajstić information content (AvgIpc) is 2.89. The van der Waals surface area contributed by atoms with Crippen LogP contribution in [0, 0.1) is 6.92 Å². The highest BCUT2D eigenvalue weighted by Crippen LogP contribution is 2.09. The van der Waals surface area contributed by atoms with Crippen LogP contribution in [-0.2, 0) is 17.8 Å². The molecular weight excluding hydrogens is 242 g/mol. The Morgan fingerprint density at radius 1 is 1.16 bits per heavy atom. The van der Waals surface area contributed by atoms with Gasteiger partial charge in [-0.3, -0.25) is 0 Å². The molecule has 0 spiro atoms. The number of rotatable bonds is 5. The normalized spacial score (nSPS) is 10.4. The fraction of sp³-hybridized carbons (Fsp3) is 0.267. The van der Waals surface area contributed by atoms with E-state index in [0.717, 1.165) is 6.54 Å². The lowest BCUT2D eigenvalue weighted by Gasteiger charge is -2.03. The van der Waals surface area contributed by atoms with E-state index < -0.39 is 5.97 Å². The maximum Gasteiger partial charge on any atom is 0.373 e. The van der Waals surface area contributed by atoms with Crippen molar-refractivity contribution in [2.24, 2.45) is 0 Å². The standard InChI is InChI=1S/C15H17NO3/c1-11-3-5-12(6-4-11)9-16-10-13-7-8-14(19-13)15(17)18-2/h3-8,16H,9-10H2,1-2H3. The number of furan rings is 1. The van der Waals surface area contributed by atoms with E-state index in [4.69, 9.17) is 4.42 Å². The van der Waals surface area contributed by atoms with Crippen molar-refractivity contribution in [3.63, 3.8) is 0 Å². The number of methoxy groups -OCH3 is 1. The van der Waals surface area contributed by atoms with Crippen LogP contribution >= 0.6 is 0 Å². The van der Waals surface area contributed by atoms with Gasteiger partial charge in [-0.25, -0.2) is 4.79 Å². The van der Waals surface area contributed by atoms with Gasteiger partial charge in [0, 0.05) is 6.54 Å². The Balaban J connectivity index is 1.84. The van der Waals surface area contributed by atoms with Gasteiger partial charge in [0.25, 0.3) is 0 Å². The minimum Gasteiger partial charge on any atom is -0.463 e. The van der Waals surface area contributed by atoms with Gasteiger partial charge in [0.2, 0.25) is 5.76 Å². The van der Waals surface area contributed by atoms with E-state index in [-0.39, 0.29) is 5.76 Å². The second-order valence-corrected chi connectivity index (χ2v) is 4.35. The third-order valence-electron chi connectivity index (χ3n) is 2.80. The van der Waals surface area contributed by atoms with Crippen LogP contribution < -0.4 is 5.32 Å². The van der Waals surface area contributed by atoms with Gasteiger partial charge in [-0.15, -0.1) is 0 Å². The number of ether oxygens (including phenoxy) is 1. The summed E-state index contributed by atoms with van der Waals surface area (Å²) in [7, 11) is 1.33. The minimum atomic E-state index is -0.454. The van der Waals surface area contributed by atoms with Crippen molar-refractivity contribution in [2.45, 2.75) is 20.0 Å². The zero-order chi connectivity index (χ0) is 13.7. The van der Waals surface area contributed by atoms with Gasteiger partial charge in [-0.1, -0.05) is 29.8 Å². The van der Waals surface area contributed by atoms with Crippen molar-refractivity contribution in [1.29, 1.82) is 0 Å². The van der Waals surface area contributed by atoms with E-state index in [1.807, 2.05) is 0 Å². The summed E-state index contributed by atoms with van der Waals surface area (Å²) in [6.45, 7) is 3.40. The van der Waals surface area contributed by atoms with Gasteiger partial charge in [-0.05, 0) is 24.6 Å². The summed E-state index contributed by atoms with van der Waals surface area (Å²) < 4.78 is 9.94. The van der Waals surface area contributed by atoms with Crippen molar-refractivity contribution in [3.8, 4) is 0 Å². The predicted molar refractivity (Wildman–Crippen MR) is 71.8 cm³/mol. The molecule has 0 bridgehead atoms. The minimum absolute atomic E-state index is 0.231. The summed E-state index contributed by atoms with van der Waals surface area (Å²) in [6.07, 6.45) is 0. The maximum absolute atomic E-state index is 11.2. The van der Waals surface area contributed by atoms with Gasteiger partial charge in [-0.2, -0.15) is 0 Å². The van der Waals surface area contributed by atoms with Crippen LogP contribution in [0.1, 0.15) is 27.4 Å². The zero-order valence-corrected chi connectivity index (χ0v) is 11.1. The number of carbonyl (C=O) groups excluding carboxylic acids is 1. The van der Waals surface area contributed by atoms with Gasteiger partial charge < -0.3 is 14.5 Å². The predicted octanol–water partition coefficient (Wildman–Crippen LogP) is 2.66. The first-order valence-electron chi connectivity index (χ1n) is 6.12. The SMILES string of the molecule is COC(=O)c1ccc(CNCc2ccc(C)cc2)o1. The number of aryl methyl sites for hydroxylation is 1. The van der Waals surface area contributed by atoms with Gasteiger partial charge in [0.15, 0.2) is 0 Å². The Morgan fingerprint density at radius 2 is 1.89 bits per heavy atom. The van der Waals surface area contributed by atoms with E-state index in [1.165, 1.54) is 18.2 Å². The summed E-state index contributed by atoms with van der Waals surface area (Å²) in [5.74, 6) is 0.493. The molecule has 1 aromatic heterocycles. The van der Waals surface area contributed by atoms with E-state index in [1.54, 1.807) is 12.1 Å². The molecule has 2 rings (SSSR count). The van der Waals surface area contributed by atoms with E-state index >= 15 is 0 Å². The quantitative estimate of drug-likeness (QED) is 0.839. The number of esters is 1. The molecular formula is C15H17NO3. The molecule has 100 valence electrons. The molecule has 4 heteroatoms. The molecule has 4 nitrogen and oxygen atoms in total. The van der Waals surface area contributed by atoms with Gasteiger partial charge in [0.1, 0.15) is 5.76 Å². The smallest absolute Gasteiger partial charge is 0.373 e. The maximum atomic E-state index is 11.2. The van der Waals surface area contributed by atoms with Crippen LogP contribution in [0.5, 0.6) is 0 Å². The fourth-order valence-electron chi connectivity index (χ4n) is 1.72. The summed E-state index contributed by atoms with van der Waals surface area (Å²) in [5.41, 5.74) is 2.46. The Bertz CT molecular complexity index is 543. The highest BCUT2D eigenvalue weighted by Gasteiger charge is 2.10. The third-order valence-corrected chi connectivity index (χ3v) is 2.80. The fourth-order valence-corrected chi connectivity index (χ4v) is 1.72. The van der Waals surface area contributed by atoms with E-state index in [9.17, 15) is 4.79 Å². The average molecular weight is 259 g/mol. The first-order chi connectivity index (χ1) is 9.19. The summed E-state index contributed by atoms with van der Waals surface area (Å²) >= 11 is 0. The molecule has 0 radical (unpaired) electrons. The van der Waals surface area contributed by atoms with Crippen molar-refractivity contribution in [3.05, 3.63) is 59.0 Å². The first-order valence-corrected chi connectivity index (χ1v) is 6.12. The van der Waals surface area contributed by atoms with E-state index in [0.29, 0.717) is 12.3 Å². The van der Waals surface area contributed by atoms with Crippen LogP contribution in [0.25, 0.3) is 0 Å². The first kappa shape index (κ1) is 13.4. The molecule has 0 aliphatic rings. The number of hydrogen-bond donors (Lipinski definition) is 1. The van der Waals surface area contributed by atoms with Gasteiger partial charge in [0.05, 0.1) is 13.7 Å². The van der Waals surface area contributed by atoms with Crippen LogP contribution in [0.2, 0.25) is 0 Å². The van der Waals surface area contributed by atoms with E-state index in [2.05, 4.69) is 41.2 Å². The molecule has 1 aromatic carbocycles. The lowest BCUT2D eigenvalue weighted by molar-refractivity contribution is 0.0563. The van der Waals surface area contributed by atoms with Crippen LogP contribution in [0.15, 0.2) is 40.8 Å².